The fraction of sp³-hybridized carbons (Fsp3) is 0.490. The first-order chi connectivity index (χ1) is 31.5. The number of hydrazine groups is 1. The lowest BCUT2D eigenvalue weighted by molar-refractivity contribution is -0.155. The number of methoxy groups -OCH3 is 1. The smallest absolute Gasteiger partial charge is 0.324 e. The summed E-state index contributed by atoms with van der Waals surface area (Å²) >= 11 is 0. The number of ether oxygens (including phenoxy) is 2. The summed E-state index contributed by atoms with van der Waals surface area (Å²) in [7, 11) is 3.16. The van der Waals surface area contributed by atoms with Crippen LogP contribution in [0.4, 0.5) is 4.39 Å². The van der Waals surface area contributed by atoms with Crippen LogP contribution in [0.3, 0.4) is 0 Å². The Bertz CT molecular complexity index is 2410. The summed E-state index contributed by atoms with van der Waals surface area (Å²) in [5.74, 6) is -1.50. The van der Waals surface area contributed by atoms with Gasteiger partial charge in [-0.25, -0.2) is 9.82 Å². The van der Waals surface area contributed by atoms with Crippen LogP contribution in [-0.4, -0.2) is 113 Å². The maximum absolute atomic E-state index is 16.1. The zero-order chi connectivity index (χ0) is 47.9. The van der Waals surface area contributed by atoms with E-state index in [4.69, 9.17) is 14.5 Å². The standard InChI is InChI=1S/C44H55FN6O6.C7H11NO/c1-26(2)39(49(7)25-52)41(53)47-36-21-29-12-9-13-30(20-29)31-16-17-37-33(22-31)34(40(51(37)28(4)45)32-14-10-18-46-38(32)27(3)56-8)23-44(5,6)24-57-43(55)35-15-11-19-50(48-35)42(36)54;1-2-7(9)8-5-3-4-6-8/h9-10,12-14,16-18,20,22,25-28,35-36,39,48H,11,15,19,21,23-24H2,1-8H3,(H,47,53);2H,1,3-6H2/t27?,28?,35-,36?,39?;/m0./s1. The molecule has 0 saturated carbocycles. The number of amides is 4. The second-order valence-electron chi connectivity index (χ2n) is 18.7. The number of alkyl halides is 1. The molecule has 3 aliphatic heterocycles. The lowest BCUT2D eigenvalue weighted by Gasteiger charge is -2.36. The average molecular weight is 908 g/mol. The number of benzene rings is 2. The van der Waals surface area contributed by atoms with E-state index in [0.29, 0.717) is 49.1 Å². The molecule has 354 valence electrons. The highest BCUT2D eigenvalue weighted by atomic mass is 19.1. The fourth-order valence-electron chi connectivity index (χ4n) is 9.32. The number of carbonyl (C=O) groups excluding carboxylic acids is 5. The van der Waals surface area contributed by atoms with Crippen molar-refractivity contribution in [2.24, 2.45) is 11.3 Å². The number of likely N-dealkylation sites (tertiary alicyclic amines) is 1. The van der Waals surface area contributed by atoms with Gasteiger partial charge in [-0.1, -0.05) is 64.6 Å². The number of carbonyl (C=O) groups is 5. The average Bonchev–Trinajstić information content (AvgIpc) is 3.97. The topological polar surface area (TPSA) is 155 Å². The second-order valence-corrected chi connectivity index (χ2v) is 18.7. The Morgan fingerprint density at radius 2 is 1.76 bits per heavy atom. The van der Waals surface area contributed by atoms with Gasteiger partial charge in [-0.15, -0.1) is 0 Å². The van der Waals surface area contributed by atoms with E-state index in [1.165, 1.54) is 22.9 Å². The van der Waals surface area contributed by atoms with E-state index >= 15 is 4.39 Å². The van der Waals surface area contributed by atoms with E-state index < -0.39 is 47.6 Å². The van der Waals surface area contributed by atoms with Crippen LogP contribution >= 0.6 is 0 Å². The minimum atomic E-state index is -1.40. The maximum atomic E-state index is 16.1. The molecular formula is C51H66FN7O7. The van der Waals surface area contributed by atoms with Crippen molar-refractivity contribution in [1.82, 2.24) is 35.1 Å². The molecule has 2 N–H and O–H groups in total. The summed E-state index contributed by atoms with van der Waals surface area (Å²) in [4.78, 5) is 72.2. The molecule has 15 heteroatoms. The van der Waals surface area contributed by atoms with Gasteiger partial charge in [0, 0.05) is 62.8 Å². The van der Waals surface area contributed by atoms with E-state index in [0.717, 1.165) is 59.1 Å². The number of fused-ring (bicyclic) bond motifs is 6. The first-order valence-electron chi connectivity index (χ1n) is 23.0. The number of nitrogens with one attached hydrogen (secondary N) is 2. The molecule has 2 aromatic heterocycles. The summed E-state index contributed by atoms with van der Waals surface area (Å²) in [6, 6.07) is 14.9. The van der Waals surface area contributed by atoms with Crippen molar-refractivity contribution in [3.63, 3.8) is 0 Å². The van der Waals surface area contributed by atoms with Gasteiger partial charge in [0.1, 0.15) is 18.1 Å². The predicted molar refractivity (Wildman–Crippen MR) is 252 cm³/mol. The van der Waals surface area contributed by atoms with Crippen LogP contribution < -0.4 is 10.7 Å². The molecule has 7 rings (SSSR count). The Hall–Kier alpha value is -5.93. The van der Waals surface area contributed by atoms with Gasteiger partial charge >= 0.3 is 5.97 Å². The minimum Gasteiger partial charge on any atom is -0.464 e. The lowest BCUT2D eigenvalue weighted by atomic mass is 9.84. The largest absolute Gasteiger partial charge is 0.464 e. The van der Waals surface area contributed by atoms with Gasteiger partial charge in [-0.2, -0.15) is 0 Å². The Kier molecular flexibility index (Phi) is 16.2. The molecule has 2 aromatic carbocycles. The van der Waals surface area contributed by atoms with E-state index in [-0.39, 0.29) is 31.0 Å². The minimum absolute atomic E-state index is 0.0604. The number of hydrogen-bond acceptors (Lipinski definition) is 9. The van der Waals surface area contributed by atoms with E-state index in [1.807, 2.05) is 88.0 Å². The van der Waals surface area contributed by atoms with Crippen LogP contribution in [0, 0.1) is 11.3 Å². The van der Waals surface area contributed by atoms with E-state index in [2.05, 4.69) is 23.4 Å². The Morgan fingerprint density at radius 3 is 2.42 bits per heavy atom. The number of rotatable bonds is 10. The highest BCUT2D eigenvalue weighted by Gasteiger charge is 2.37. The highest BCUT2D eigenvalue weighted by Crippen LogP contribution is 2.43. The molecule has 66 heavy (non-hydrogen) atoms. The van der Waals surface area contributed by atoms with Crippen molar-refractivity contribution in [2.75, 3.05) is 40.4 Å². The molecule has 2 saturated heterocycles. The summed E-state index contributed by atoms with van der Waals surface area (Å²) in [6.07, 6.45) is 5.81. The van der Waals surface area contributed by atoms with Crippen LogP contribution in [0.25, 0.3) is 33.3 Å². The molecule has 0 aliphatic carbocycles. The second kappa shape index (κ2) is 21.6. The third-order valence-corrected chi connectivity index (χ3v) is 12.7. The number of nitrogens with zero attached hydrogens (tertiary/aromatic N) is 5. The highest BCUT2D eigenvalue weighted by molar-refractivity contribution is 5.96. The van der Waals surface area contributed by atoms with Gasteiger partial charge in [0.25, 0.3) is 5.91 Å². The van der Waals surface area contributed by atoms with Gasteiger partial charge in [0.15, 0.2) is 6.30 Å². The molecule has 4 unspecified atom stereocenters. The van der Waals surface area contributed by atoms with Crippen LogP contribution in [0.15, 0.2) is 73.4 Å². The van der Waals surface area contributed by atoms with Crippen molar-refractivity contribution < 1.29 is 37.8 Å². The molecule has 0 spiro atoms. The van der Waals surface area contributed by atoms with Gasteiger partial charge in [0.2, 0.25) is 18.2 Å². The van der Waals surface area contributed by atoms with Crippen LogP contribution in [0.5, 0.6) is 0 Å². The first-order valence-corrected chi connectivity index (χ1v) is 23.0. The van der Waals surface area contributed by atoms with Gasteiger partial charge < -0.3 is 29.2 Å². The molecule has 5 atom stereocenters. The third kappa shape index (κ3) is 11.2. The number of likely N-dealkylation sites (N-methyl/N-ethyl adjacent to an activating group) is 1. The SMILES string of the molecule is C=CC(=O)N1CCCC1.COC(C)c1ncccc1-c1c2c3cc(ccc3n1C(C)F)-c1cccc(c1)CC(NC(=O)C(C(C)C)N(C)C=O)C(=O)N1CCC[C@H](N1)C(=O)OCC(C)(C)C2. The van der Waals surface area contributed by atoms with Crippen molar-refractivity contribution >= 4 is 41.0 Å². The van der Waals surface area contributed by atoms with Crippen molar-refractivity contribution in [3.05, 3.63) is 90.3 Å². The normalized spacial score (nSPS) is 20.0. The molecular weight excluding hydrogens is 842 g/mol. The van der Waals surface area contributed by atoms with Crippen LogP contribution in [0.1, 0.15) is 96.4 Å². The van der Waals surface area contributed by atoms with Crippen LogP contribution in [-0.2, 0) is 46.3 Å². The fourth-order valence-corrected chi connectivity index (χ4v) is 9.32. The molecule has 5 heterocycles. The Balaban J connectivity index is 0.000000715. The number of halogens is 1. The third-order valence-electron chi connectivity index (χ3n) is 12.7. The summed E-state index contributed by atoms with van der Waals surface area (Å²) in [5, 5.41) is 5.21. The quantitative estimate of drug-likeness (QED) is 0.0962. The zero-order valence-electron chi connectivity index (χ0n) is 39.6. The summed E-state index contributed by atoms with van der Waals surface area (Å²) in [6.45, 7) is 16.8. The molecule has 0 radical (unpaired) electrons. The van der Waals surface area contributed by atoms with E-state index in [1.54, 1.807) is 24.9 Å². The summed E-state index contributed by atoms with van der Waals surface area (Å²) in [5.41, 5.74) is 8.75. The lowest BCUT2D eigenvalue weighted by Crippen LogP contribution is -2.61. The maximum Gasteiger partial charge on any atom is 0.324 e. The van der Waals surface area contributed by atoms with E-state index in [9.17, 15) is 24.0 Å². The van der Waals surface area contributed by atoms with Crippen molar-refractivity contribution in [2.45, 2.75) is 111 Å². The molecule has 2 fully saturated rings. The molecule has 4 amide bonds. The van der Waals surface area contributed by atoms with Gasteiger partial charge in [0.05, 0.1) is 29.6 Å². The van der Waals surface area contributed by atoms with Crippen molar-refractivity contribution in [1.29, 1.82) is 0 Å². The zero-order valence-corrected chi connectivity index (χ0v) is 39.6. The molecule has 3 aliphatic rings. The predicted octanol–water partition coefficient (Wildman–Crippen LogP) is 7.12. The monoisotopic (exact) mass is 908 g/mol. The number of hydrogen-bond donors (Lipinski definition) is 2. The Morgan fingerprint density at radius 1 is 1.03 bits per heavy atom. The van der Waals surface area contributed by atoms with Gasteiger partial charge in [-0.3, -0.25) is 34.0 Å². The molecule has 4 aromatic rings. The number of cyclic esters (lactones) is 1. The molecule has 14 nitrogen and oxygen atoms in total. The van der Waals surface area contributed by atoms with Crippen LogP contribution in [0.2, 0.25) is 0 Å². The number of pyridine rings is 1. The van der Waals surface area contributed by atoms with Gasteiger partial charge in [-0.05, 0) is 104 Å². The molecule has 6 bridgehead atoms. The number of aromatic nitrogens is 2. The van der Waals surface area contributed by atoms with Crippen molar-refractivity contribution in [3.8, 4) is 22.4 Å². The first kappa shape index (κ1) is 49.5. The Labute approximate surface area is 387 Å². The summed E-state index contributed by atoms with van der Waals surface area (Å²) < 4.78 is 29.5. The number of esters is 1.